The molecule has 14 heavy (non-hydrogen) atoms. The van der Waals surface area contributed by atoms with E-state index in [1.54, 1.807) is 0 Å². The van der Waals surface area contributed by atoms with E-state index in [2.05, 4.69) is 12.2 Å². The lowest BCUT2D eigenvalue weighted by Gasteiger charge is -2.41. The first-order valence-electron chi connectivity index (χ1n) is 5.91. The molecule has 0 bridgehead atoms. The van der Waals surface area contributed by atoms with Crippen LogP contribution >= 0.6 is 0 Å². The van der Waals surface area contributed by atoms with Gasteiger partial charge < -0.3 is 10.4 Å². The molecule has 0 atom stereocenters. The number of hydrogen-bond acceptors (Lipinski definition) is 2. The third kappa shape index (κ3) is 3.58. The van der Waals surface area contributed by atoms with E-state index >= 15 is 0 Å². The topological polar surface area (TPSA) is 32.3 Å². The van der Waals surface area contributed by atoms with Crippen molar-refractivity contribution in [1.29, 1.82) is 0 Å². The molecule has 1 rings (SSSR count). The molecule has 2 heteroatoms. The van der Waals surface area contributed by atoms with E-state index in [-0.39, 0.29) is 0 Å². The second-order valence-corrected chi connectivity index (χ2v) is 5.45. The van der Waals surface area contributed by atoms with Gasteiger partial charge in [-0.15, -0.1) is 0 Å². The summed E-state index contributed by atoms with van der Waals surface area (Å²) in [7, 11) is 0. The smallest absolute Gasteiger partial charge is 0.0603 e. The lowest BCUT2D eigenvalue weighted by Crippen LogP contribution is -2.40. The highest BCUT2D eigenvalue weighted by Crippen LogP contribution is 2.42. The molecule has 0 unspecified atom stereocenters. The van der Waals surface area contributed by atoms with Crippen LogP contribution in [0.5, 0.6) is 0 Å². The van der Waals surface area contributed by atoms with Crippen molar-refractivity contribution in [2.24, 2.45) is 5.41 Å². The molecule has 0 amide bonds. The fraction of sp³-hybridized carbons (Fsp3) is 1.00. The van der Waals surface area contributed by atoms with Crippen LogP contribution in [0, 0.1) is 5.41 Å². The molecule has 0 aliphatic heterocycles. The van der Waals surface area contributed by atoms with Crippen LogP contribution in [0.25, 0.3) is 0 Å². The van der Waals surface area contributed by atoms with Crippen molar-refractivity contribution in [1.82, 2.24) is 5.32 Å². The largest absolute Gasteiger partial charge is 0.390 e. The van der Waals surface area contributed by atoms with Gasteiger partial charge in [0.2, 0.25) is 0 Å². The summed E-state index contributed by atoms with van der Waals surface area (Å²) >= 11 is 0. The van der Waals surface area contributed by atoms with Crippen LogP contribution in [0.4, 0.5) is 0 Å². The number of hydrogen-bond donors (Lipinski definition) is 2. The number of aliphatic hydroxyl groups is 1. The van der Waals surface area contributed by atoms with Crippen molar-refractivity contribution in [2.45, 2.75) is 58.5 Å². The zero-order chi connectivity index (χ0) is 10.7. The van der Waals surface area contributed by atoms with Crippen LogP contribution < -0.4 is 5.32 Å². The zero-order valence-electron chi connectivity index (χ0n) is 9.90. The van der Waals surface area contributed by atoms with Gasteiger partial charge in [0.15, 0.2) is 0 Å². The third-order valence-electron chi connectivity index (χ3n) is 3.58. The van der Waals surface area contributed by atoms with Crippen LogP contribution in [0.15, 0.2) is 0 Å². The highest BCUT2D eigenvalue weighted by molar-refractivity contribution is 4.88. The molecular weight excluding hydrogens is 174 g/mol. The van der Waals surface area contributed by atoms with Crippen LogP contribution in [0.3, 0.4) is 0 Å². The lowest BCUT2D eigenvalue weighted by molar-refractivity contribution is 0.0668. The molecule has 1 fully saturated rings. The molecule has 0 saturated heterocycles. The molecule has 84 valence electrons. The third-order valence-corrected chi connectivity index (χ3v) is 3.58. The van der Waals surface area contributed by atoms with Crippen molar-refractivity contribution in [3.05, 3.63) is 0 Å². The van der Waals surface area contributed by atoms with Crippen molar-refractivity contribution >= 4 is 0 Å². The Balaban J connectivity index is 2.09. The Labute approximate surface area is 88.1 Å². The predicted molar refractivity (Wildman–Crippen MR) is 60.4 cm³/mol. The maximum Gasteiger partial charge on any atom is 0.0603 e. The van der Waals surface area contributed by atoms with Gasteiger partial charge in [-0.1, -0.05) is 13.3 Å². The molecule has 0 radical (unpaired) electrons. The first kappa shape index (κ1) is 12.0. The Bertz CT molecular complexity index is 162. The number of nitrogens with one attached hydrogen (secondary N) is 1. The quantitative estimate of drug-likeness (QED) is 0.643. The average molecular weight is 199 g/mol. The van der Waals surface area contributed by atoms with Crippen molar-refractivity contribution in [2.75, 3.05) is 13.1 Å². The first-order chi connectivity index (χ1) is 6.47. The Kier molecular flexibility index (Phi) is 3.96. The van der Waals surface area contributed by atoms with E-state index in [1.165, 1.54) is 25.7 Å². The van der Waals surface area contributed by atoms with Gasteiger partial charge in [-0.25, -0.2) is 0 Å². The van der Waals surface area contributed by atoms with Crippen molar-refractivity contribution < 1.29 is 5.11 Å². The van der Waals surface area contributed by atoms with Gasteiger partial charge in [-0.05, 0) is 51.5 Å². The minimum absolute atomic E-state index is 0.522. The molecule has 1 saturated carbocycles. The summed E-state index contributed by atoms with van der Waals surface area (Å²) in [6.45, 7) is 8.10. The zero-order valence-corrected chi connectivity index (χ0v) is 9.90. The van der Waals surface area contributed by atoms with Gasteiger partial charge >= 0.3 is 0 Å². The van der Waals surface area contributed by atoms with E-state index in [9.17, 15) is 5.11 Å². The lowest BCUT2D eigenvalue weighted by atomic mass is 9.67. The highest BCUT2D eigenvalue weighted by atomic mass is 16.3. The standard InChI is InChI=1S/C12H25NO/c1-4-12(6-5-7-12)10-13-9-8-11(2,3)14/h13-14H,4-10H2,1-3H3. The van der Waals surface area contributed by atoms with Gasteiger partial charge in [0.05, 0.1) is 5.60 Å². The minimum atomic E-state index is -0.522. The second-order valence-electron chi connectivity index (χ2n) is 5.45. The van der Waals surface area contributed by atoms with E-state index in [0.29, 0.717) is 5.41 Å². The second kappa shape index (κ2) is 4.63. The SMILES string of the molecule is CCC1(CNCCC(C)(C)O)CCC1. The van der Waals surface area contributed by atoms with Gasteiger partial charge in [0, 0.05) is 6.54 Å². The maximum atomic E-state index is 9.54. The molecule has 2 N–H and O–H groups in total. The Hall–Kier alpha value is -0.0800. The van der Waals surface area contributed by atoms with Gasteiger partial charge in [-0.2, -0.15) is 0 Å². The van der Waals surface area contributed by atoms with E-state index < -0.39 is 5.60 Å². The van der Waals surface area contributed by atoms with Gasteiger partial charge in [0.1, 0.15) is 0 Å². The fourth-order valence-corrected chi connectivity index (χ4v) is 2.08. The van der Waals surface area contributed by atoms with E-state index in [1.807, 2.05) is 13.8 Å². The van der Waals surface area contributed by atoms with E-state index in [4.69, 9.17) is 0 Å². The summed E-state index contributed by atoms with van der Waals surface area (Å²) in [6, 6.07) is 0. The Morgan fingerprint density at radius 1 is 1.36 bits per heavy atom. The molecular formula is C12H25NO. The average Bonchev–Trinajstić information content (AvgIpc) is 2.00. The van der Waals surface area contributed by atoms with Crippen molar-refractivity contribution in [3.63, 3.8) is 0 Å². The van der Waals surface area contributed by atoms with Gasteiger partial charge in [-0.3, -0.25) is 0 Å². The molecule has 0 heterocycles. The summed E-state index contributed by atoms with van der Waals surface area (Å²) in [5.74, 6) is 0. The summed E-state index contributed by atoms with van der Waals surface area (Å²) in [6.07, 6.45) is 6.31. The molecule has 0 spiro atoms. The predicted octanol–water partition coefficient (Wildman–Crippen LogP) is 2.32. The fourth-order valence-electron chi connectivity index (χ4n) is 2.08. The molecule has 0 aromatic rings. The van der Waals surface area contributed by atoms with Crippen molar-refractivity contribution in [3.8, 4) is 0 Å². The monoisotopic (exact) mass is 199 g/mol. The normalized spacial score (nSPS) is 20.6. The van der Waals surface area contributed by atoms with E-state index in [0.717, 1.165) is 19.5 Å². The summed E-state index contributed by atoms with van der Waals surface area (Å²) in [5.41, 5.74) is 0.0750. The van der Waals surface area contributed by atoms with Gasteiger partial charge in [0.25, 0.3) is 0 Å². The van der Waals surface area contributed by atoms with Crippen LogP contribution in [0.2, 0.25) is 0 Å². The Morgan fingerprint density at radius 2 is 2.00 bits per heavy atom. The molecule has 1 aliphatic carbocycles. The molecule has 0 aromatic heterocycles. The molecule has 2 nitrogen and oxygen atoms in total. The first-order valence-corrected chi connectivity index (χ1v) is 5.91. The van der Waals surface area contributed by atoms with Crippen LogP contribution in [0.1, 0.15) is 52.9 Å². The molecule has 1 aliphatic rings. The Morgan fingerprint density at radius 3 is 2.36 bits per heavy atom. The summed E-state index contributed by atoms with van der Waals surface area (Å²) < 4.78 is 0. The number of rotatable bonds is 6. The highest BCUT2D eigenvalue weighted by Gasteiger charge is 2.34. The summed E-state index contributed by atoms with van der Waals surface area (Å²) in [5, 5.41) is 13.0. The maximum absolute atomic E-state index is 9.54. The summed E-state index contributed by atoms with van der Waals surface area (Å²) in [4.78, 5) is 0. The van der Waals surface area contributed by atoms with Crippen LogP contribution in [-0.2, 0) is 0 Å². The van der Waals surface area contributed by atoms with Crippen LogP contribution in [-0.4, -0.2) is 23.8 Å². The minimum Gasteiger partial charge on any atom is -0.390 e. The molecule has 0 aromatic carbocycles.